The number of azide groups is 3. The molecule has 1 unspecified atom stereocenters. The fourth-order valence-electron chi connectivity index (χ4n) is 10.6. The second-order valence-electron chi connectivity index (χ2n) is 15.1. The van der Waals surface area contributed by atoms with Crippen molar-refractivity contribution in [1.82, 2.24) is 0 Å². The van der Waals surface area contributed by atoms with Gasteiger partial charge in [-0.15, -0.1) is 0 Å². The molecule has 0 heterocycles. The minimum atomic E-state index is 0.0360. The number of rotatable bonds is 20. The van der Waals surface area contributed by atoms with E-state index >= 15 is 0 Å². The maximum Gasteiger partial charge on any atom is 0.0637 e. The van der Waals surface area contributed by atoms with E-state index in [1.165, 1.54) is 12.8 Å². The highest BCUT2D eigenvalue weighted by atomic mass is 16.5. The third-order valence-corrected chi connectivity index (χ3v) is 12.9. The van der Waals surface area contributed by atoms with E-state index < -0.39 is 0 Å². The quantitative estimate of drug-likeness (QED) is 0.0547. The number of hydrogen-bond donors (Lipinski definition) is 0. The summed E-state index contributed by atoms with van der Waals surface area (Å²) in [4.78, 5) is 8.75. The average molecular weight is 658 g/mol. The van der Waals surface area contributed by atoms with Crippen molar-refractivity contribution in [2.75, 3.05) is 53.2 Å². The van der Waals surface area contributed by atoms with Crippen LogP contribution in [0.1, 0.15) is 97.8 Å². The maximum absolute atomic E-state index is 8.81. The Bertz CT molecular complexity index is 1130. The van der Waals surface area contributed by atoms with Gasteiger partial charge in [-0.2, -0.15) is 0 Å². The first-order valence-electron chi connectivity index (χ1n) is 18.2. The highest BCUT2D eigenvalue weighted by molar-refractivity contribution is 5.15. The van der Waals surface area contributed by atoms with Crippen molar-refractivity contribution in [3.05, 3.63) is 31.3 Å². The summed E-state index contributed by atoms with van der Waals surface area (Å²) >= 11 is 0. The second-order valence-corrected chi connectivity index (χ2v) is 15.1. The average Bonchev–Trinajstić information content (AvgIpc) is 3.43. The summed E-state index contributed by atoms with van der Waals surface area (Å²) in [6, 6.07) is 0. The Morgan fingerprint density at radius 1 is 0.745 bits per heavy atom. The van der Waals surface area contributed by atoms with Crippen molar-refractivity contribution in [2.45, 2.75) is 116 Å². The van der Waals surface area contributed by atoms with Crippen molar-refractivity contribution in [3.8, 4) is 0 Å². The molecule has 0 radical (unpaired) electrons. The van der Waals surface area contributed by atoms with Crippen LogP contribution in [0.2, 0.25) is 0 Å². The SMILES string of the molecule is COCCC[C@@H](C)C1CC[C@H]2[C@@H]3[C@H](OCCCN=[N+]=[N-])C[C@@H]4C[C@H](OCCCN=[N+]=[N-])CC[C@]4(C)[C@H]3C[C@H](OCCCN=[N+]=[N-])[C@]12C. The Labute approximate surface area is 281 Å². The molecule has 11 atom stereocenters. The van der Waals surface area contributed by atoms with E-state index in [9.17, 15) is 0 Å². The van der Waals surface area contributed by atoms with E-state index in [0.29, 0.717) is 75.0 Å². The minimum Gasteiger partial charge on any atom is -0.385 e. The van der Waals surface area contributed by atoms with E-state index in [-0.39, 0.29) is 29.1 Å². The topological polar surface area (TPSA) is 183 Å². The van der Waals surface area contributed by atoms with Crippen LogP contribution in [0.5, 0.6) is 0 Å². The van der Waals surface area contributed by atoms with Gasteiger partial charge in [-0.25, -0.2) is 0 Å². The van der Waals surface area contributed by atoms with Crippen molar-refractivity contribution < 1.29 is 18.9 Å². The van der Waals surface area contributed by atoms with Gasteiger partial charge in [0, 0.05) is 73.3 Å². The molecule has 0 amide bonds. The first kappa shape index (κ1) is 37.6. The normalized spacial score (nSPS) is 36.5. The fraction of sp³-hybridized carbons (Fsp3) is 1.00. The van der Waals surface area contributed by atoms with Crippen LogP contribution in [0.3, 0.4) is 0 Å². The van der Waals surface area contributed by atoms with Gasteiger partial charge in [0.15, 0.2) is 0 Å². The molecule has 4 fully saturated rings. The lowest BCUT2D eigenvalue weighted by Crippen LogP contribution is -2.63. The fourth-order valence-corrected chi connectivity index (χ4v) is 10.6. The van der Waals surface area contributed by atoms with Crippen LogP contribution in [0, 0.1) is 46.3 Å². The van der Waals surface area contributed by atoms with Crippen LogP contribution in [0.4, 0.5) is 0 Å². The van der Waals surface area contributed by atoms with Crippen LogP contribution < -0.4 is 0 Å². The van der Waals surface area contributed by atoms with Gasteiger partial charge in [0.05, 0.1) is 18.3 Å². The standard InChI is InChI=1S/C34H59N9O4/c1-24(9-5-17-44-4)27-10-11-28-32-29(23-31(34(27,28)3)47-20-8-16-40-43-37)33(2)13-12-26(45-18-6-14-38-41-35)21-25(33)22-30(32)46-19-7-15-39-42-36/h24-32H,5-23H2,1-4H3/t24-,25+,26-,27?,28+,29+,30-,31+,32+,33+,34-/m1/s1. The van der Waals surface area contributed by atoms with Gasteiger partial charge >= 0.3 is 0 Å². The molecular formula is C34H59N9O4. The maximum atomic E-state index is 8.81. The molecule has 0 spiro atoms. The Kier molecular flexibility index (Phi) is 14.8. The molecule has 13 heteroatoms. The van der Waals surface area contributed by atoms with Crippen molar-refractivity contribution >= 4 is 0 Å². The van der Waals surface area contributed by atoms with Gasteiger partial charge in [-0.3, -0.25) is 0 Å². The third kappa shape index (κ3) is 8.87. The zero-order chi connectivity index (χ0) is 33.7. The number of methoxy groups -OCH3 is 1. The third-order valence-electron chi connectivity index (χ3n) is 12.9. The zero-order valence-electron chi connectivity index (χ0n) is 29.3. The molecular weight excluding hydrogens is 598 g/mol. The van der Waals surface area contributed by atoms with Gasteiger partial charge in [-0.1, -0.05) is 36.1 Å². The lowest BCUT2D eigenvalue weighted by atomic mass is 9.43. The largest absolute Gasteiger partial charge is 0.385 e. The molecule has 0 aromatic rings. The van der Waals surface area contributed by atoms with E-state index in [1.54, 1.807) is 7.11 Å². The smallest absolute Gasteiger partial charge is 0.0637 e. The summed E-state index contributed by atoms with van der Waals surface area (Å²) in [6.45, 7) is 11.5. The summed E-state index contributed by atoms with van der Waals surface area (Å²) in [5, 5.41) is 11.2. The minimum absolute atomic E-state index is 0.0360. The van der Waals surface area contributed by atoms with Gasteiger partial charge in [0.1, 0.15) is 0 Å². The molecule has 0 saturated heterocycles. The first-order chi connectivity index (χ1) is 22.8. The Morgan fingerprint density at radius 3 is 2.02 bits per heavy atom. The van der Waals surface area contributed by atoms with Crippen LogP contribution in [-0.4, -0.2) is 71.5 Å². The van der Waals surface area contributed by atoms with E-state index in [1.807, 2.05) is 0 Å². The van der Waals surface area contributed by atoms with Gasteiger partial charge in [-0.05, 0) is 135 Å². The highest BCUT2D eigenvalue weighted by Gasteiger charge is 2.66. The number of hydrogen-bond acceptors (Lipinski definition) is 7. The van der Waals surface area contributed by atoms with Crippen LogP contribution in [-0.2, 0) is 18.9 Å². The Balaban J connectivity index is 1.60. The molecule has 264 valence electrons. The molecule has 13 nitrogen and oxygen atoms in total. The number of ether oxygens (including phenoxy) is 4. The van der Waals surface area contributed by atoms with E-state index in [0.717, 1.165) is 70.8 Å². The van der Waals surface area contributed by atoms with Crippen molar-refractivity contribution in [3.63, 3.8) is 0 Å². The van der Waals surface area contributed by atoms with Crippen molar-refractivity contribution in [2.24, 2.45) is 61.7 Å². The predicted octanol–water partition coefficient (Wildman–Crippen LogP) is 9.18. The molecule has 4 aliphatic carbocycles. The van der Waals surface area contributed by atoms with Crippen LogP contribution in [0.15, 0.2) is 15.3 Å². The zero-order valence-corrected chi connectivity index (χ0v) is 29.3. The molecule has 4 aliphatic rings. The molecule has 0 N–H and O–H groups in total. The first-order valence-corrected chi connectivity index (χ1v) is 18.2. The molecule has 4 saturated carbocycles. The van der Waals surface area contributed by atoms with Gasteiger partial charge in [0.25, 0.3) is 0 Å². The predicted molar refractivity (Wildman–Crippen MR) is 181 cm³/mol. The molecule has 4 rings (SSSR count). The molecule has 47 heavy (non-hydrogen) atoms. The number of nitrogens with zero attached hydrogens (tertiary/aromatic N) is 9. The summed E-state index contributed by atoms with van der Waals surface area (Å²) < 4.78 is 25.6. The van der Waals surface area contributed by atoms with Crippen LogP contribution in [0.25, 0.3) is 31.3 Å². The Morgan fingerprint density at radius 2 is 1.38 bits per heavy atom. The van der Waals surface area contributed by atoms with Gasteiger partial charge < -0.3 is 18.9 Å². The van der Waals surface area contributed by atoms with E-state index in [2.05, 4.69) is 50.8 Å². The van der Waals surface area contributed by atoms with E-state index in [4.69, 9.17) is 35.5 Å². The van der Waals surface area contributed by atoms with Crippen LogP contribution >= 0.6 is 0 Å². The molecule has 0 aliphatic heterocycles. The summed E-state index contributed by atoms with van der Waals surface area (Å²) in [5.41, 5.74) is 26.4. The van der Waals surface area contributed by atoms with Gasteiger partial charge in [0.2, 0.25) is 0 Å². The van der Waals surface area contributed by atoms with Crippen molar-refractivity contribution in [1.29, 1.82) is 0 Å². The monoisotopic (exact) mass is 657 g/mol. The Hall–Kier alpha value is -2.23. The lowest BCUT2D eigenvalue weighted by molar-refractivity contribution is -0.227. The molecule has 0 bridgehead atoms. The lowest BCUT2D eigenvalue weighted by Gasteiger charge is -2.65. The molecule has 0 aromatic heterocycles. The number of fused-ring (bicyclic) bond motifs is 5. The second kappa shape index (κ2) is 18.5. The molecule has 0 aromatic carbocycles. The summed E-state index contributed by atoms with van der Waals surface area (Å²) in [5.74, 6) is 3.08. The summed E-state index contributed by atoms with van der Waals surface area (Å²) in [6.07, 6.45) is 12.7. The summed E-state index contributed by atoms with van der Waals surface area (Å²) in [7, 11) is 1.79. The highest BCUT2D eigenvalue weighted by Crippen LogP contribution is 2.69.